The number of benzene rings is 2. The van der Waals surface area contributed by atoms with Crippen LogP contribution in [0.5, 0.6) is 17.2 Å². The molecule has 2 atom stereocenters. The van der Waals surface area contributed by atoms with Gasteiger partial charge in [-0.15, -0.1) is 0 Å². The first kappa shape index (κ1) is 28.6. The smallest absolute Gasteiger partial charge is 0.416 e. The van der Waals surface area contributed by atoms with E-state index < -0.39 is 27.3 Å². The molecule has 12 heteroatoms. The van der Waals surface area contributed by atoms with Crippen molar-refractivity contribution in [2.24, 2.45) is 5.41 Å². The van der Waals surface area contributed by atoms with Crippen LogP contribution in [-0.4, -0.2) is 54.6 Å². The number of hydrogen-bond donors (Lipinski definition) is 1. The van der Waals surface area contributed by atoms with Gasteiger partial charge in [0.15, 0.2) is 11.5 Å². The molecule has 2 aromatic carbocycles. The van der Waals surface area contributed by atoms with Gasteiger partial charge in [-0.1, -0.05) is 18.2 Å². The first-order valence-corrected chi connectivity index (χ1v) is 13.2. The highest BCUT2D eigenvalue weighted by atomic mass is 32.2. The van der Waals surface area contributed by atoms with E-state index >= 15 is 0 Å². The molecule has 37 heavy (non-hydrogen) atoms. The van der Waals surface area contributed by atoms with Gasteiger partial charge in [0.1, 0.15) is 0 Å². The molecule has 3 rings (SSSR count). The number of halogens is 3. The average molecular weight is 546 g/mol. The van der Waals surface area contributed by atoms with Gasteiger partial charge in [0.25, 0.3) is 10.1 Å². The van der Waals surface area contributed by atoms with Gasteiger partial charge < -0.3 is 19.5 Å². The Hall–Kier alpha value is -2.99. The van der Waals surface area contributed by atoms with Crippen LogP contribution in [0.15, 0.2) is 36.4 Å². The molecule has 1 heterocycles. The lowest BCUT2D eigenvalue weighted by molar-refractivity contribution is -0.137. The van der Waals surface area contributed by atoms with Crippen molar-refractivity contribution in [1.29, 1.82) is 0 Å². The Bertz CT molecular complexity index is 1220. The number of rotatable bonds is 11. The van der Waals surface area contributed by atoms with E-state index in [-0.39, 0.29) is 31.4 Å². The lowest BCUT2D eigenvalue weighted by atomic mass is 9.76. The summed E-state index contributed by atoms with van der Waals surface area (Å²) in [5, 5.41) is 2.96. The minimum Gasteiger partial charge on any atom is -0.493 e. The summed E-state index contributed by atoms with van der Waals surface area (Å²) in [6, 6.07) is 7.77. The Labute approximate surface area is 214 Å². The lowest BCUT2D eigenvalue weighted by Crippen LogP contribution is -2.35. The molecule has 1 aliphatic rings. The van der Waals surface area contributed by atoms with Crippen LogP contribution in [0.4, 0.5) is 13.2 Å². The van der Waals surface area contributed by atoms with Crippen molar-refractivity contribution in [3.05, 3.63) is 53.1 Å². The summed E-state index contributed by atoms with van der Waals surface area (Å²) in [6.45, 7) is -0.237. The molecule has 1 saturated heterocycles. The minimum absolute atomic E-state index is 0.0620. The second kappa shape index (κ2) is 11.2. The van der Waals surface area contributed by atoms with Crippen molar-refractivity contribution >= 4 is 16.0 Å². The molecule has 1 N–H and O–H groups in total. The third kappa shape index (κ3) is 6.86. The second-order valence-electron chi connectivity index (χ2n) is 9.00. The molecule has 8 nitrogen and oxygen atoms in total. The average Bonchev–Trinajstić information content (AvgIpc) is 3.11. The molecular formula is C25H30F3NO7S. The molecule has 0 aliphatic carbocycles. The minimum atomic E-state index is -4.48. The van der Waals surface area contributed by atoms with E-state index in [0.29, 0.717) is 35.7 Å². The summed E-state index contributed by atoms with van der Waals surface area (Å²) in [5.41, 5.74) is -0.603. The molecule has 1 amide bonds. The Kier molecular flexibility index (Phi) is 8.63. The number of ether oxygens (including phenoxy) is 3. The van der Waals surface area contributed by atoms with Gasteiger partial charge in [0.05, 0.1) is 45.2 Å². The van der Waals surface area contributed by atoms with Crippen molar-refractivity contribution in [2.75, 3.05) is 34.2 Å². The van der Waals surface area contributed by atoms with Gasteiger partial charge in [0, 0.05) is 11.6 Å². The van der Waals surface area contributed by atoms with Gasteiger partial charge in [-0.2, -0.15) is 21.6 Å². The second-order valence-corrected chi connectivity index (χ2v) is 10.6. The largest absolute Gasteiger partial charge is 0.493 e. The van der Waals surface area contributed by atoms with Gasteiger partial charge in [-0.05, 0) is 49.4 Å². The standard InChI is InChI=1S/C25H30F3NO7S/c1-33-20-10-7-17(21(34-2)22(20)35-3)13-19-15-24(23(30)29-19,11-12-36-37(4,31)32)14-16-5-8-18(9-6-16)25(26,27)28/h5-10,19H,11-15H2,1-4H3,(H,29,30). The van der Waals surface area contributed by atoms with Crippen LogP contribution in [0.2, 0.25) is 0 Å². The highest BCUT2D eigenvalue weighted by Gasteiger charge is 2.47. The maximum absolute atomic E-state index is 13.3. The summed E-state index contributed by atoms with van der Waals surface area (Å²) < 4.78 is 83.2. The predicted molar refractivity (Wildman–Crippen MR) is 129 cm³/mol. The van der Waals surface area contributed by atoms with E-state index in [2.05, 4.69) is 5.32 Å². The molecule has 0 aromatic heterocycles. The molecule has 0 spiro atoms. The van der Waals surface area contributed by atoms with Crippen LogP contribution in [0.3, 0.4) is 0 Å². The fourth-order valence-corrected chi connectivity index (χ4v) is 5.10. The number of amides is 1. The first-order valence-electron chi connectivity index (χ1n) is 11.4. The Morgan fingerprint density at radius 2 is 1.65 bits per heavy atom. The van der Waals surface area contributed by atoms with Gasteiger partial charge in [-0.25, -0.2) is 0 Å². The predicted octanol–water partition coefficient (Wildman–Crippen LogP) is 3.76. The van der Waals surface area contributed by atoms with Crippen LogP contribution in [0.25, 0.3) is 0 Å². The van der Waals surface area contributed by atoms with Crippen molar-refractivity contribution in [1.82, 2.24) is 5.32 Å². The quantitative estimate of drug-likeness (QED) is 0.429. The Balaban J connectivity index is 1.88. The highest BCUT2D eigenvalue weighted by Crippen LogP contribution is 2.43. The van der Waals surface area contributed by atoms with Gasteiger partial charge in [0.2, 0.25) is 11.7 Å². The van der Waals surface area contributed by atoms with Crippen LogP contribution in [-0.2, 0) is 38.1 Å². The first-order chi connectivity index (χ1) is 17.3. The number of hydrogen-bond acceptors (Lipinski definition) is 7. The van der Waals surface area contributed by atoms with E-state index in [1.54, 1.807) is 12.1 Å². The third-order valence-corrected chi connectivity index (χ3v) is 7.00. The zero-order valence-corrected chi connectivity index (χ0v) is 21.8. The number of carbonyl (C=O) groups excluding carboxylic acids is 1. The number of carbonyl (C=O) groups is 1. The van der Waals surface area contributed by atoms with Crippen molar-refractivity contribution in [3.63, 3.8) is 0 Å². The summed E-state index contributed by atoms with van der Waals surface area (Å²) in [5.74, 6) is 1.02. The van der Waals surface area contributed by atoms with Crippen molar-refractivity contribution in [3.8, 4) is 17.2 Å². The number of alkyl halides is 3. The molecule has 1 fully saturated rings. The molecule has 0 radical (unpaired) electrons. The van der Waals surface area contributed by atoms with Crippen molar-refractivity contribution in [2.45, 2.75) is 37.9 Å². The molecule has 204 valence electrons. The van der Waals surface area contributed by atoms with Gasteiger partial charge in [-0.3, -0.25) is 8.98 Å². The summed E-state index contributed by atoms with van der Waals surface area (Å²) in [6.07, 6.45) is -2.71. The zero-order chi connectivity index (χ0) is 27.4. The highest BCUT2D eigenvalue weighted by molar-refractivity contribution is 7.85. The molecule has 0 saturated carbocycles. The Morgan fingerprint density at radius 3 is 2.19 bits per heavy atom. The van der Waals surface area contributed by atoms with Crippen LogP contribution in [0, 0.1) is 5.41 Å². The van der Waals surface area contributed by atoms with Crippen LogP contribution in [0.1, 0.15) is 29.5 Å². The maximum Gasteiger partial charge on any atom is 0.416 e. The van der Waals surface area contributed by atoms with E-state index in [4.69, 9.17) is 18.4 Å². The van der Waals surface area contributed by atoms with Crippen LogP contribution >= 0.6 is 0 Å². The lowest BCUT2D eigenvalue weighted by Gasteiger charge is -2.26. The summed E-state index contributed by atoms with van der Waals surface area (Å²) in [7, 11) is 0.739. The zero-order valence-electron chi connectivity index (χ0n) is 21.0. The fraction of sp³-hybridized carbons (Fsp3) is 0.480. The van der Waals surface area contributed by atoms with E-state index in [0.717, 1.165) is 24.0 Å². The third-order valence-electron chi connectivity index (χ3n) is 6.41. The maximum atomic E-state index is 13.3. The topological polar surface area (TPSA) is 100 Å². The number of nitrogens with one attached hydrogen (secondary N) is 1. The van der Waals surface area contributed by atoms with E-state index in [1.165, 1.54) is 33.5 Å². The van der Waals surface area contributed by atoms with Crippen molar-refractivity contribution < 1.29 is 44.8 Å². The number of methoxy groups -OCH3 is 3. The Morgan fingerprint density at radius 1 is 1.00 bits per heavy atom. The summed E-state index contributed by atoms with van der Waals surface area (Å²) >= 11 is 0. The molecular weight excluding hydrogens is 515 g/mol. The van der Waals surface area contributed by atoms with E-state index in [1.807, 2.05) is 0 Å². The van der Waals surface area contributed by atoms with Gasteiger partial charge >= 0.3 is 6.18 Å². The SMILES string of the molecule is COc1ccc(CC2CC(CCOS(C)(=O)=O)(Cc3ccc(C(F)(F)F)cc3)C(=O)N2)c(OC)c1OC. The fourth-order valence-electron chi connectivity index (χ4n) is 4.71. The summed E-state index contributed by atoms with van der Waals surface area (Å²) in [4.78, 5) is 13.3. The van der Waals surface area contributed by atoms with E-state index in [9.17, 15) is 26.4 Å². The molecule has 2 aromatic rings. The monoisotopic (exact) mass is 545 g/mol. The normalized spacial score (nSPS) is 20.0. The molecule has 2 unspecified atom stereocenters. The van der Waals surface area contributed by atoms with Crippen LogP contribution < -0.4 is 19.5 Å². The molecule has 1 aliphatic heterocycles. The molecule has 0 bridgehead atoms.